The van der Waals surface area contributed by atoms with Crippen LogP contribution in [0.2, 0.25) is 0 Å². The molecule has 2 amide bonds. The minimum absolute atomic E-state index is 0.0314. The Bertz CT molecular complexity index is 966. The van der Waals surface area contributed by atoms with Crippen molar-refractivity contribution >= 4 is 34.2 Å². The SMILES string of the molecule is O=C(Nc1cccc(NC(=O)C2CC2)c1)c1cnc2ccccc2n1. The highest BCUT2D eigenvalue weighted by molar-refractivity contribution is 6.04. The molecule has 0 atom stereocenters. The Kier molecular flexibility index (Phi) is 3.85. The monoisotopic (exact) mass is 332 g/mol. The fourth-order valence-corrected chi connectivity index (χ4v) is 2.53. The molecule has 6 nitrogen and oxygen atoms in total. The number of anilines is 2. The zero-order valence-electron chi connectivity index (χ0n) is 13.4. The summed E-state index contributed by atoms with van der Waals surface area (Å²) in [5, 5.41) is 5.65. The third-order valence-electron chi connectivity index (χ3n) is 4.02. The van der Waals surface area contributed by atoms with Crippen molar-refractivity contribution in [2.24, 2.45) is 5.92 Å². The van der Waals surface area contributed by atoms with Crippen molar-refractivity contribution in [3.05, 3.63) is 60.4 Å². The smallest absolute Gasteiger partial charge is 0.275 e. The fraction of sp³-hybridized carbons (Fsp3) is 0.158. The van der Waals surface area contributed by atoms with Gasteiger partial charge in [-0.25, -0.2) is 4.98 Å². The summed E-state index contributed by atoms with van der Waals surface area (Å²) < 4.78 is 0. The van der Waals surface area contributed by atoms with Crippen molar-refractivity contribution in [3.8, 4) is 0 Å². The van der Waals surface area contributed by atoms with Gasteiger partial charge in [0.2, 0.25) is 5.91 Å². The van der Waals surface area contributed by atoms with E-state index in [0.29, 0.717) is 16.9 Å². The lowest BCUT2D eigenvalue weighted by atomic mass is 10.2. The number of para-hydroxylation sites is 2. The number of aromatic nitrogens is 2. The molecule has 124 valence electrons. The van der Waals surface area contributed by atoms with E-state index in [1.54, 1.807) is 24.3 Å². The normalized spacial score (nSPS) is 13.4. The Morgan fingerprint density at radius 1 is 0.920 bits per heavy atom. The molecule has 0 aliphatic heterocycles. The lowest BCUT2D eigenvalue weighted by Crippen LogP contribution is -2.15. The zero-order valence-corrected chi connectivity index (χ0v) is 13.4. The number of rotatable bonds is 4. The second kappa shape index (κ2) is 6.32. The zero-order chi connectivity index (χ0) is 17.2. The molecule has 1 aliphatic rings. The van der Waals surface area contributed by atoms with E-state index in [2.05, 4.69) is 20.6 Å². The molecule has 0 bridgehead atoms. The molecule has 25 heavy (non-hydrogen) atoms. The third-order valence-corrected chi connectivity index (χ3v) is 4.02. The van der Waals surface area contributed by atoms with Crippen molar-refractivity contribution in [1.29, 1.82) is 0 Å². The van der Waals surface area contributed by atoms with Gasteiger partial charge in [-0.15, -0.1) is 0 Å². The summed E-state index contributed by atoms with van der Waals surface area (Å²) in [6.07, 6.45) is 3.35. The molecule has 0 spiro atoms. The molecule has 1 aliphatic carbocycles. The minimum atomic E-state index is -0.344. The lowest BCUT2D eigenvalue weighted by Gasteiger charge is -2.08. The molecule has 1 fully saturated rings. The van der Waals surface area contributed by atoms with Crippen LogP contribution in [-0.2, 0) is 4.79 Å². The first-order chi connectivity index (χ1) is 12.2. The van der Waals surface area contributed by atoms with E-state index >= 15 is 0 Å². The molecular formula is C19H16N4O2. The summed E-state index contributed by atoms with van der Waals surface area (Å²) in [7, 11) is 0. The van der Waals surface area contributed by atoms with E-state index in [1.807, 2.05) is 24.3 Å². The molecule has 6 heteroatoms. The molecule has 2 aromatic carbocycles. The molecule has 1 aromatic heterocycles. The van der Waals surface area contributed by atoms with Crippen LogP contribution in [0.1, 0.15) is 23.3 Å². The maximum atomic E-state index is 12.4. The predicted octanol–water partition coefficient (Wildman–Crippen LogP) is 3.23. The van der Waals surface area contributed by atoms with E-state index in [4.69, 9.17) is 0 Å². The molecule has 0 radical (unpaired) electrons. The predicted molar refractivity (Wildman–Crippen MR) is 95.3 cm³/mol. The van der Waals surface area contributed by atoms with Gasteiger partial charge in [0.15, 0.2) is 0 Å². The average molecular weight is 332 g/mol. The van der Waals surface area contributed by atoms with Crippen molar-refractivity contribution in [2.75, 3.05) is 10.6 Å². The number of carbonyl (C=O) groups is 2. The first kappa shape index (κ1) is 15.3. The summed E-state index contributed by atoms with van der Waals surface area (Å²) in [5.41, 5.74) is 2.91. The van der Waals surface area contributed by atoms with Crippen LogP contribution in [0.25, 0.3) is 11.0 Å². The van der Waals surface area contributed by atoms with Gasteiger partial charge in [-0.2, -0.15) is 0 Å². The van der Waals surface area contributed by atoms with Crippen LogP contribution in [0.3, 0.4) is 0 Å². The number of benzene rings is 2. The number of nitrogens with zero attached hydrogens (tertiary/aromatic N) is 2. The van der Waals surface area contributed by atoms with Gasteiger partial charge in [0.1, 0.15) is 5.69 Å². The highest BCUT2D eigenvalue weighted by Gasteiger charge is 2.29. The average Bonchev–Trinajstić information content (AvgIpc) is 3.47. The molecule has 4 rings (SSSR count). The number of fused-ring (bicyclic) bond motifs is 1. The van der Waals surface area contributed by atoms with Crippen LogP contribution in [0, 0.1) is 5.92 Å². The Labute approximate surface area is 144 Å². The van der Waals surface area contributed by atoms with Gasteiger partial charge >= 0.3 is 0 Å². The van der Waals surface area contributed by atoms with E-state index in [0.717, 1.165) is 18.4 Å². The lowest BCUT2D eigenvalue weighted by molar-refractivity contribution is -0.117. The highest BCUT2D eigenvalue weighted by atomic mass is 16.2. The van der Waals surface area contributed by atoms with Gasteiger partial charge in [0, 0.05) is 17.3 Å². The highest BCUT2D eigenvalue weighted by Crippen LogP contribution is 2.30. The number of hydrogen-bond acceptors (Lipinski definition) is 4. The second-order valence-electron chi connectivity index (χ2n) is 6.04. The van der Waals surface area contributed by atoms with Crippen LogP contribution in [-0.4, -0.2) is 21.8 Å². The largest absolute Gasteiger partial charge is 0.326 e. The fourth-order valence-electron chi connectivity index (χ4n) is 2.53. The summed E-state index contributed by atoms with van der Waals surface area (Å²) in [6.45, 7) is 0. The van der Waals surface area contributed by atoms with Crippen LogP contribution in [0.4, 0.5) is 11.4 Å². The first-order valence-corrected chi connectivity index (χ1v) is 8.13. The second-order valence-corrected chi connectivity index (χ2v) is 6.04. The molecule has 0 saturated heterocycles. The number of hydrogen-bond donors (Lipinski definition) is 2. The van der Waals surface area contributed by atoms with Crippen LogP contribution in [0.15, 0.2) is 54.7 Å². The number of amides is 2. The Morgan fingerprint density at radius 2 is 1.64 bits per heavy atom. The van der Waals surface area contributed by atoms with Crippen LogP contribution in [0.5, 0.6) is 0 Å². The number of nitrogens with one attached hydrogen (secondary N) is 2. The van der Waals surface area contributed by atoms with Crippen LogP contribution >= 0.6 is 0 Å². The van der Waals surface area contributed by atoms with E-state index in [1.165, 1.54) is 6.20 Å². The van der Waals surface area contributed by atoms with Gasteiger partial charge in [0.25, 0.3) is 5.91 Å². The molecule has 0 unspecified atom stereocenters. The van der Waals surface area contributed by atoms with E-state index in [9.17, 15) is 9.59 Å². The van der Waals surface area contributed by atoms with E-state index < -0.39 is 0 Å². The molecule has 1 heterocycles. The summed E-state index contributed by atoms with van der Waals surface area (Å²) >= 11 is 0. The number of carbonyl (C=O) groups excluding carboxylic acids is 2. The minimum Gasteiger partial charge on any atom is -0.326 e. The summed E-state index contributed by atoms with van der Waals surface area (Å²) in [4.78, 5) is 32.8. The molecule has 1 saturated carbocycles. The third kappa shape index (κ3) is 3.47. The van der Waals surface area contributed by atoms with Crippen LogP contribution < -0.4 is 10.6 Å². The summed E-state index contributed by atoms with van der Waals surface area (Å²) in [5.74, 6) is -0.182. The first-order valence-electron chi connectivity index (χ1n) is 8.13. The molecular weight excluding hydrogens is 316 g/mol. The van der Waals surface area contributed by atoms with Gasteiger partial charge in [-0.3, -0.25) is 14.6 Å². The topological polar surface area (TPSA) is 84.0 Å². The van der Waals surface area contributed by atoms with Gasteiger partial charge in [-0.05, 0) is 43.2 Å². The maximum Gasteiger partial charge on any atom is 0.275 e. The van der Waals surface area contributed by atoms with Gasteiger partial charge in [0.05, 0.1) is 17.2 Å². The molecule has 2 N–H and O–H groups in total. The quantitative estimate of drug-likeness (QED) is 0.768. The van der Waals surface area contributed by atoms with Crippen molar-refractivity contribution in [1.82, 2.24) is 9.97 Å². The Hall–Kier alpha value is -3.28. The Balaban J connectivity index is 1.50. The van der Waals surface area contributed by atoms with Gasteiger partial charge < -0.3 is 10.6 Å². The standard InChI is InChI=1S/C19H16N4O2/c24-18(12-8-9-12)21-13-4-3-5-14(10-13)22-19(25)17-11-20-15-6-1-2-7-16(15)23-17/h1-7,10-12H,8-9H2,(H,21,24)(H,22,25). The summed E-state index contributed by atoms with van der Waals surface area (Å²) in [6, 6.07) is 14.5. The Morgan fingerprint density at radius 3 is 2.40 bits per heavy atom. The van der Waals surface area contributed by atoms with Crippen molar-refractivity contribution in [3.63, 3.8) is 0 Å². The molecule has 3 aromatic rings. The van der Waals surface area contributed by atoms with Crippen molar-refractivity contribution in [2.45, 2.75) is 12.8 Å². The van der Waals surface area contributed by atoms with Gasteiger partial charge in [-0.1, -0.05) is 18.2 Å². The maximum absolute atomic E-state index is 12.4. The van der Waals surface area contributed by atoms with E-state index in [-0.39, 0.29) is 23.4 Å². The van der Waals surface area contributed by atoms with Crippen molar-refractivity contribution < 1.29 is 9.59 Å².